The van der Waals surface area contributed by atoms with E-state index in [1.165, 1.54) is 6.26 Å². The number of carbonyl (C=O) groups is 2. The highest BCUT2D eigenvalue weighted by Gasteiger charge is 2.11. The summed E-state index contributed by atoms with van der Waals surface area (Å²) in [7, 11) is 0. The number of rotatable bonds is 7. The van der Waals surface area contributed by atoms with E-state index < -0.39 is 0 Å². The Morgan fingerprint density at radius 3 is 2.71 bits per heavy atom. The summed E-state index contributed by atoms with van der Waals surface area (Å²) in [6.45, 7) is 5.07. The van der Waals surface area contributed by atoms with Crippen LogP contribution < -0.4 is 10.6 Å². The van der Waals surface area contributed by atoms with E-state index in [1.54, 1.807) is 12.1 Å². The molecule has 1 aliphatic rings. The van der Waals surface area contributed by atoms with Crippen molar-refractivity contribution in [3.05, 3.63) is 24.2 Å². The van der Waals surface area contributed by atoms with Crippen molar-refractivity contribution in [2.45, 2.75) is 6.42 Å². The van der Waals surface area contributed by atoms with Gasteiger partial charge >= 0.3 is 0 Å². The van der Waals surface area contributed by atoms with Crippen LogP contribution in [0.2, 0.25) is 0 Å². The normalized spacial score (nSPS) is 15.6. The Labute approximate surface area is 123 Å². The molecule has 1 fully saturated rings. The van der Waals surface area contributed by atoms with Crippen LogP contribution in [0.25, 0.3) is 0 Å². The fraction of sp³-hybridized carbons (Fsp3) is 0.571. The second-order valence-electron chi connectivity index (χ2n) is 4.79. The molecule has 2 rings (SSSR count). The standard InChI is InChI=1S/C14H21N3O4/c18-13(15-5-6-17-7-10-20-11-8-17)3-4-16-14(19)12-2-1-9-21-12/h1-2,9H,3-8,10-11H2,(H,15,18)(H,16,19). The molecule has 1 aromatic heterocycles. The number of nitrogens with zero attached hydrogens (tertiary/aromatic N) is 1. The van der Waals surface area contributed by atoms with E-state index in [1.807, 2.05) is 0 Å². The first kappa shape index (κ1) is 15.5. The summed E-state index contributed by atoms with van der Waals surface area (Å²) in [6.07, 6.45) is 1.70. The van der Waals surface area contributed by atoms with Crippen LogP contribution in [0, 0.1) is 0 Å². The molecule has 21 heavy (non-hydrogen) atoms. The molecule has 2 amide bonds. The fourth-order valence-electron chi connectivity index (χ4n) is 2.05. The van der Waals surface area contributed by atoms with Gasteiger partial charge in [0.15, 0.2) is 5.76 Å². The molecule has 0 unspecified atom stereocenters. The molecule has 0 bridgehead atoms. The zero-order chi connectivity index (χ0) is 14.9. The van der Waals surface area contributed by atoms with E-state index in [-0.39, 0.29) is 24.0 Å². The minimum atomic E-state index is -0.305. The van der Waals surface area contributed by atoms with Crippen molar-refractivity contribution >= 4 is 11.8 Å². The maximum absolute atomic E-state index is 11.6. The smallest absolute Gasteiger partial charge is 0.286 e. The van der Waals surface area contributed by atoms with Gasteiger partial charge in [-0.1, -0.05) is 0 Å². The summed E-state index contributed by atoms with van der Waals surface area (Å²) in [5, 5.41) is 5.48. The van der Waals surface area contributed by atoms with Crippen LogP contribution in [0.1, 0.15) is 17.0 Å². The lowest BCUT2D eigenvalue weighted by molar-refractivity contribution is -0.121. The summed E-state index contributed by atoms with van der Waals surface area (Å²) < 4.78 is 10.2. The van der Waals surface area contributed by atoms with Crippen LogP contribution in [0.3, 0.4) is 0 Å². The second-order valence-corrected chi connectivity index (χ2v) is 4.79. The fourth-order valence-corrected chi connectivity index (χ4v) is 2.05. The topological polar surface area (TPSA) is 83.8 Å². The van der Waals surface area contributed by atoms with Gasteiger partial charge in [0.05, 0.1) is 19.5 Å². The average molecular weight is 295 g/mol. The maximum Gasteiger partial charge on any atom is 0.286 e. The van der Waals surface area contributed by atoms with Crippen LogP contribution in [0.5, 0.6) is 0 Å². The van der Waals surface area contributed by atoms with E-state index in [0.717, 1.165) is 32.8 Å². The van der Waals surface area contributed by atoms with Gasteiger partial charge in [0.1, 0.15) is 0 Å². The zero-order valence-corrected chi connectivity index (χ0v) is 12.0. The molecule has 116 valence electrons. The molecule has 2 heterocycles. The molecule has 0 saturated carbocycles. The lowest BCUT2D eigenvalue weighted by Gasteiger charge is -2.26. The van der Waals surface area contributed by atoms with E-state index in [4.69, 9.17) is 9.15 Å². The SMILES string of the molecule is O=C(CCNC(=O)c1ccco1)NCCN1CCOCC1. The Morgan fingerprint density at radius 2 is 2.00 bits per heavy atom. The number of ether oxygens (including phenoxy) is 1. The molecule has 2 N–H and O–H groups in total. The first-order valence-electron chi connectivity index (χ1n) is 7.14. The Kier molecular flexibility index (Phi) is 6.23. The predicted molar refractivity (Wildman–Crippen MR) is 75.9 cm³/mol. The van der Waals surface area contributed by atoms with Crippen LogP contribution in [0.15, 0.2) is 22.8 Å². The van der Waals surface area contributed by atoms with Gasteiger partial charge in [0, 0.05) is 39.1 Å². The lowest BCUT2D eigenvalue weighted by atomic mass is 10.3. The summed E-state index contributed by atoms with van der Waals surface area (Å²) in [5.41, 5.74) is 0. The summed E-state index contributed by atoms with van der Waals surface area (Å²) in [4.78, 5) is 25.4. The van der Waals surface area contributed by atoms with Crippen molar-refractivity contribution < 1.29 is 18.7 Å². The van der Waals surface area contributed by atoms with Gasteiger partial charge in [-0.15, -0.1) is 0 Å². The Hall–Kier alpha value is -1.86. The zero-order valence-electron chi connectivity index (χ0n) is 12.0. The largest absolute Gasteiger partial charge is 0.459 e. The van der Waals surface area contributed by atoms with Gasteiger partial charge in [0.25, 0.3) is 5.91 Å². The lowest BCUT2D eigenvalue weighted by Crippen LogP contribution is -2.41. The van der Waals surface area contributed by atoms with E-state index >= 15 is 0 Å². The van der Waals surface area contributed by atoms with Gasteiger partial charge < -0.3 is 19.8 Å². The third-order valence-electron chi connectivity index (χ3n) is 3.24. The number of hydrogen-bond acceptors (Lipinski definition) is 5. The van der Waals surface area contributed by atoms with Crippen LogP contribution in [0.4, 0.5) is 0 Å². The van der Waals surface area contributed by atoms with E-state index in [2.05, 4.69) is 15.5 Å². The highest BCUT2D eigenvalue weighted by molar-refractivity contribution is 5.91. The van der Waals surface area contributed by atoms with Crippen molar-refractivity contribution in [1.29, 1.82) is 0 Å². The molecule has 0 atom stereocenters. The third-order valence-corrected chi connectivity index (χ3v) is 3.24. The van der Waals surface area contributed by atoms with Gasteiger partial charge in [-0.2, -0.15) is 0 Å². The summed E-state index contributed by atoms with van der Waals surface area (Å²) in [5.74, 6) is -0.119. The molecule has 0 aromatic carbocycles. The highest BCUT2D eigenvalue weighted by Crippen LogP contribution is 1.99. The number of furan rings is 1. The van der Waals surface area contributed by atoms with Crippen molar-refractivity contribution in [2.24, 2.45) is 0 Å². The quantitative estimate of drug-likeness (QED) is 0.731. The van der Waals surface area contributed by atoms with Crippen molar-refractivity contribution in [3.8, 4) is 0 Å². The molecule has 0 radical (unpaired) electrons. The molecule has 1 saturated heterocycles. The monoisotopic (exact) mass is 295 g/mol. The van der Waals surface area contributed by atoms with Crippen molar-refractivity contribution in [3.63, 3.8) is 0 Å². The van der Waals surface area contributed by atoms with E-state index in [9.17, 15) is 9.59 Å². The number of nitrogens with one attached hydrogen (secondary N) is 2. The maximum atomic E-state index is 11.6. The van der Waals surface area contributed by atoms with E-state index in [0.29, 0.717) is 13.1 Å². The summed E-state index contributed by atoms with van der Waals surface area (Å²) >= 11 is 0. The molecule has 0 aliphatic carbocycles. The molecule has 7 heteroatoms. The Balaban J connectivity index is 1.52. The first-order valence-corrected chi connectivity index (χ1v) is 7.14. The molecule has 1 aromatic rings. The first-order chi connectivity index (χ1) is 10.3. The van der Waals surface area contributed by atoms with Crippen molar-refractivity contribution in [2.75, 3.05) is 45.9 Å². The molecular weight excluding hydrogens is 274 g/mol. The van der Waals surface area contributed by atoms with Gasteiger partial charge in [-0.05, 0) is 12.1 Å². The number of amides is 2. The Bertz CT molecular complexity index is 441. The minimum absolute atomic E-state index is 0.0667. The predicted octanol–water partition coefficient (Wildman–Crippen LogP) is -0.152. The molecule has 7 nitrogen and oxygen atoms in total. The van der Waals surface area contributed by atoms with Crippen LogP contribution >= 0.6 is 0 Å². The number of morpholine rings is 1. The molecule has 0 spiro atoms. The molecule has 1 aliphatic heterocycles. The number of hydrogen-bond donors (Lipinski definition) is 2. The Morgan fingerprint density at radius 1 is 1.19 bits per heavy atom. The summed E-state index contributed by atoms with van der Waals surface area (Å²) in [6, 6.07) is 3.23. The van der Waals surface area contributed by atoms with Gasteiger partial charge in [-0.3, -0.25) is 14.5 Å². The number of carbonyl (C=O) groups excluding carboxylic acids is 2. The highest BCUT2D eigenvalue weighted by atomic mass is 16.5. The van der Waals surface area contributed by atoms with Crippen LogP contribution in [-0.2, 0) is 9.53 Å². The average Bonchev–Trinajstić information content (AvgIpc) is 3.02. The van der Waals surface area contributed by atoms with Gasteiger partial charge in [-0.25, -0.2) is 0 Å². The third kappa shape index (κ3) is 5.57. The minimum Gasteiger partial charge on any atom is -0.459 e. The van der Waals surface area contributed by atoms with Crippen LogP contribution in [-0.4, -0.2) is 62.7 Å². The second kappa shape index (κ2) is 8.43. The molecular formula is C14H21N3O4. The van der Waals surface area contributed by atoms with Crippen molar-refractivity contribution in [1.82, 2.24) is 15.5 Å². The van der Waals surface area contributed by atoms with Gasteiger partial charge in [0.2, 0.25) is 5.91 Å².